The molecule has 4 heteroatoms. The third-order valence-corrected chi connectivity index (χ3v) is 4.66. The minimum Gasteiger partial charge on any atom is -0.465 e. The summed E-state index contributed by atoms with van der Waals surface area (Å²) in [5.74, 6) is -0.202. The Morgan fingerprint density at radius 3 is 2.36 bits per heavy atom. The van der Waals surface area contributed by atoms with Gasteiger partial charge >= 0.3 is 5.97 Å². The Morgan fingerprint density at radius 1 is 1.00 bits per heavy atom. The van der Waals surface area contributed by atoms with Crippen LogP contribution in [0.2, 0.25) is 0 Å². The fraction of sp³-hybridized carbons (Fsp3) is 0.524. The van der Waals surface area contributed by atoms with Gasteiger partial charge in [-0.2, -0.15) is 0 Å². The van der Waals surface area contributed by atoms with Crippen LogP contribution < -0.4 is 0 Å². The molecule has 25 heavy (non-hydrogen) atoms. The molecule has 0 amide bonds. The van der Waals surface area contributed by atoms with Crippen molar-refractivity contribution in [2.45, 2.75) is 64.7 Å². The van der Waals surface area contributed by atoms with Crippen LogP contribution in [0.15, 0.2) is 24.4 Å². The van der Waals surface area contributed by atoms with Gasteiger partial charge in [0.2, 0.25) is 0 Å². The van der Waals surface area contributed by atoms with Crippen LogP contribution in [0.5, 0.6) is 0 Å². The molecule has 0 atom stereocenters. The molecule has 0 aliphatic rings. The first-order valence-electron chi connectivity index (χ1n) is 9.40. The summed E-state index contributed by atoms with van der Waals surface area (Å²) in [6, 6.07) is 5.25. The van der Waals surface area contributed by atoms with E-state index in [2.05, 4.69) is 11.9 Å². The number of ether oxygens (including phenoxy) is 1. The molecule has 2 aromatic rings. The van der Waals surface area contributed by atoms with Gasteiger partial charge in [-0.15, -0.1) is 0 Å². The van der Waals surface area contributed by atoms with Crippen molar-refractivity contribution in [2.75, 3.05) is 7.11 Å². The lowest BCUT2D eigenvalue weighted by Crippen LogP contribution is -2.01. The van der Waals surface area contributed by atoms with Crippen molar-refractivity contribution in [3.05, 3.63) is 35.5 Å². The molecule has 136 valence electrons. The Labute approximate surface area is 150 Å². The number of fused-ring (bicyclic) bond motifs is 1. The normalized spacial score (nSPS) is 11.0. The minimum absolute atomic E-state index is 0.169. The summed E-state index contributed by atoms with van der Waals surface area (Å²) in [6.45, 7) is 2.23. The van der Waals surface area contributed by atoms with Gasteiger partial charge < -0.3 is 9.72 Å². The molecule has 1 N–H and O–H groups in total. The van der Waals surface area contributed by atoms with Gasteiger partial charge in [0.15, 0.2) is 5.78 Å². The summed E-state index contributed by atoms with van der Waals surface area (Å²) in [6.07, 6.45) is 12.1. The zero-order chi connectivity index (χ0) is 18.1. The molecule has 1 heterocycles. The number of rotatable bonds is 11. The van der Waals surface area contributed by atoms with Gasteiger partial charge in [0.05, 0.1) is 12.7 Å². The van der Waals surface area contributed by atoms with Crippen LogP contribution >= 0.6 is 0 Å². The Morgan fingerprint density at radius 2 is 1.68 bits per heavy atom. The number of aromatic nitrogens is 1. The molecule has 4 nitrogen and oxygen atoms in total. The quantitative estimate of drug-likeness (QED) is 0.325. The van der Waals surface area contributed by atoms with Crippen LogP contribution in [0.4, 0.5) is 0 Å². The number of aromatic amines is 1. The number of benzene rings is 1. The van der Waals surface area contributed by atoms with Crippen LogP contribution in [0, 0.1) is 0 Å². The van der Waals surface area contributed by atoms with Crippen molar-refractivity contribution in [3.8, 4) is 0 Å². The number of H-pyrrole nitrogens is 1. The second-order valence-electron chi connectivity index (χ2n) is 6.60. The molecule has 2 rings (SSSR count). The van der Waals surface area contributed by atoms with Crippen LogP contribution in [0.1, 0.15) is 85.4 Å². The average Bonchev–Trinajstić information content (AvgIpc) is 3.06. The highest BCUT2D eigenvalue weighted by Gasteiger charge is 2.14. The van der Waals surface area contributed by atoms with Gasteiger partial charge in [-0.3, -0.25) is 4.79 Å². The van der Waals surface area contributed by atoms with Gasteiger partial charge in [-0.05, 0) is 18.6 Å². The number of hydrogen-bond donors (Lipinski definition) is 1. The summed E-state index contributed by atoms with van der Waals surface area (Å²) in [5.41, 5.74) is 2.00. The summed E-state index contributed by atoms with van der Waals surface area (Å²) < 4.78 is 4.73. The SMILES string of the molecule is CCCCCCCCCCC(=O)c1c[nH]c2cc(C(=O)OC)ccc12. The number of esters is 1. The topological polar surface area (TPSA) is 59.2 Å². The molecule has 0 saturated carbocycles. The predicted octanol–water partition coefficient (Wildman–Crippen LogP) is 5.67. The van der Waals surface area contributed by atoms with Crippen molar-refractivity contribution >= 4 is 22.7 Å². The smallest absolute Gasteiger partial charge is 0.337 e. The van der Waals surface area contributed by atoms with Crippen LogP contribution in [-0.2, 0) is 4.74 Å². The van der Waals surface area contributed by atoms with Gasteiger partial charge in [0.1, 0.15) is 0 Å². The highest BCUT2D eigenvalue weighted by molar-refractivity contribution is 6.08. The van der Waals surface area contributed by atoms with Crippen molar-refractivity contribution in [1.82, 2.24) is 4.98 Å². The molecular formula is C21H29NO3. The molecule has 1 aromatic heterocycles. The highest BCUT2D eigenvalue weighted by Crippen LogP contribution is 2.22. The fourth-order valence-corrected chi connectivity index (χ4v) is 3.16. The molecule has 1 aromatic carbocycles. The lowest BCUT2D eigenvalue weighted by atomic mass is 10.0. The second-order valence-corrected chi connectivity index (χ2v) is 6.60. The number of unbranched alkanes of at least 4 members (excludes halogenated alkanes) is 7. The minimum atomic E-state index is -0.372. The molecule has 0 spiro atoms. The van der Waals surface area contributed by atoms with Gasteiger partial charge in [-0.25, -0.2) is 4.79 Å². The third kappa shape index (κ3) is 5.45. The van der Waals surface area contributed by atoms with Crippen molar-refractivity contribution in [2.24, 2.45) is 0 Å². The van der Waals surface area contributed by atoms with Crippen LogP contribution in [0.25, 0.3) is 10.9 Å². The summed E-state index contributed by atoms with van der Waals surface area (Å²) in [4.78, 5) is 27.1. The highest BCUT2D eigenvalue weighted by atomic mass is 16.5. The maximum absolute atomic E-state index is 12.5. The van der Waals surface area contributed by atoms with E-state index in [1.54, 1.807) is 18.3 Å². The first-order valence-corrected chi connectivity index (χ1v) is 9.40. The predicted molar refractivity (Wildman–Crippen MR) is 101 cm³/mol. The van der Waals surface area contributed by atoms with Gasteiger partial charge in [0.25, 0.3) is 0 Å². The summed E-state index contributed by atoms with van der Waals surface area (Å²) in [5, 5.41) is 0.872. The van der Waals surface area contributed by atoms with E-state index in [9.17, 15) is 9.59 Å². The van der Waals surface area contributed by atoms with E-state index in [0.717, 1.165) is 29.3 Å². The van der Waals surface area contributed by atoms with E-state index < -0.39 is 0 Å². The van der Waals surface area contributed by atoms with E-state index in [-0.39, 0.29) is 11.8 Å². The molecular weight excluding hydrogens is 314 g/mol. The number of Topliss-reactive ketones (excluding diaryl/α,β-unsaturated/α-hetero) is 1. The fourth-order valence-electron chi connectivity index (χ4n) is 3.16. The molecule has 0 fully saturated rings. The van der Waals surface area contributed by atoms with E-state index in [4.69, 9.17) is 4.74 Å². The molecule has 0 unspecified atom stereocenters. The molecule has 0 bridgehead atoms. The maximum Gasteiger partial charge on any atom is 0.337 e. The molecule has 0 aliphatic carbocycles. The third-order valence-electron chi connectivity index (χ3n) is 4.66. The maximum atomic E-state index is 12.5. The number of methoxy groups -OCH3 is 1. The Kier molecular flexibility index (Phi) is 7.71. The van der Waals surface area contributed by atoms with Crippen molar-refractivity contribution in [1.29, 1.82) is 0 Å². The standard InChI is InChI=1S/C21H29NO3/c1-3-4-5-6-7-8-9-10-11-20(23)18-15-22-19-14-16(21(24)25-2)12-13-17(18)19/h12-15,22H,3-11H2,1-2H3. The zero-order valence-electron chi connectivity index (χ0n) is 15.4. The Bertz CT molecular complexity index is 702. The largest absolute Gasteiger partial charge is 0.465 e. The lowest BCUT2D eigenvalue weighted by Gasteiger charge is -2.02. The van der Waals surface area contributed by atoms with E-state index >= 15 is 0 Å². The number of ketones is 1. The summed E-state index contributed by atoms with van der Waals surface area (Å²) >= 11 is 0. The number of hydrogen-bond acceptors (Lipinski definition) is 3. The molecule has 0 saturated heterocycles. The molecule has 0 aliphatic heterocycles. The Balaban J connectivity index is 1.83. The lowest BCUT2D eigenvalue weighted by molar-refractivity contribution is 0.0600. The van der Waals surface area contributed by atoms with Crippen LogP contribution in [0.3, 0.4) is 0 Å². The monoisotopic (exact) mass is 343 g/mol. The number of nitrogens with one attached hydrogen (secondary N) is 1. The summed E-state index contributed by atoms with van der Waals surface area (Å²) in [7, 11) is 1.36. The first-order chi connectivity index (χ1) is 12.2. The van der Waals surface area contributed by atoms with E-state index in [1.807, 2.05) is 6.07 Å². The van der Waals surface area contributed by atoms with E-state index in [0.29, 0.717) is 12.0 Å². The number of carbonyl (C=O) groups is 2. The van der Waals surface area contributed by atoms with Gasteiger partial charge in [-0.1, -0.05) is 57.9 Å². The zero-order valence-corrected chi connectivity index (χ0v) is 15.4. The Hall–Kier alpha value is -2.10. The van der Waals surface area contributed by atoms with Gasteiger partial charge in [0, 0.05) is 29.1 Å². The molecule has 0 radical (unpaired) electrons. The van der Waals surface area contributed by atoms with E-state index in [1.165, 1.54) is 45.6 Å². The average molecular weight is 343 g/mol. The van der Waals surface area contributed by atoms with Crippen molar-refractivity contribution < 1.29 is 14.3 Å². The van der Waals surface area contributed by atoms with Crippen LogP contribution in [-0.4, -0.2) is 23.8 Å². The second kappa shape index (κ2) is 10.0. The number of carbonyl (C=O) groups excluding carboxylic acids is 2. The van der Waals surface area contributed by atoms with Crippen molar-refractivity contribution in [3.63, 3.8) is 0 Å². The first kappa shape index (κ1) is 19.2.